The SMILES string of the molecule is Cl.N[C@@H](C[C@@H](O)c1ccccc1C(F)(F)F)C(F)(F)F. The van der Waals surface area contributed by atoms with Gasteiger partial charge in [0.15, 0.2) is 0 Å². The van der Waals surface area contributed by atoms with Gasteiger partial charge < -0.3 is 10.8 Å². The first-order valence-corrected chi connectivity index (χ1v) is 5.20. The van der Waals surface area contributed by atoms with Gasteiger partial charge >= 0.3 is 12.4 Å². The second kappa shape index (κ2) is 6.64. The van der Waals surface area contributed by atoms with Crippen molar-refractivity contribution >= 4 is 12.4 Å². The average molecular weight is 324 g/mol. The van der Waals surface area contributed by atoms with Crippen molar-refractivity contribution in [1.29, 1.82) is 0 Å². The Kier molecular flexibility index (Phi) is 6.31. The molecule has 0 radical (unpaired) electrons. The number of nitrogens with two attached hydrogens (primary N) is 1. The van der Waals surface area contributed by atoms with E-state index in [-0.39, 0.29) is 12.4 Å². The number of aliphatic hydroxyl groups excluding tert-OH is 1. The molecule has 0 unspecified atom stereocenters. The van der Waals surface area contributed by atoms with Crippen LogP contribution in [0, 0.1) is 0 Å². The number of alkyl halides is 6. The number of hydrogen-bond acceptors (Lipinski definition) is 2. The quantitative estimate of drug-likeness (QED) is 0.837. The molecule has 0 aliphatic rings. The maximum atomic E-state index is 12.6. The maximum absolute atomic E-state index is 12.6. The van der Waals surface area contributed by atoms with Crippen LogP contribution in [-0.2, 0) is 6.18 Å². The standard InChI is InChI=1S/C11H11F6NO.ClH/c12-10(13,14)7-4-2-1-3-6(7)8(19)5-9(18)11(15,16)17;/h1-4,8-9,19H,5,18H2;1H/t8-,9+;/m1./s1. The van der Waals surface area contributed by atoms with Crippen LogP contribution in [0.25, 0.3) is 0 Å². The summed E-state index contributed by atoms with van der Waals surface area (Å²) in [5.41, 5.74) is 3.00. The lowest BCUT2D eigenvalue weighted by molar-refractivity contribution is -0.154. The predicted molar refractivity (Wildman–Crippen MR) is 62.3 cm³/mol. The zero-order chi connectivity index (χ0) is 14.8. The van der Waals surface area contributed by atoms with Crippen molar-refractivity contribution in [2.75, 3.05) is 0 Å². The van der Waals surface area contributed by atoms with E-state index in [2.05, 4.69) is 0 Å². The largest absolute Gasteiger partial charge is 0.416 e. The molecule has 0 amide bonds. The fourth-order valence-electron chi connectivity index (χ4n) is 1.55. The van der Waals surface area contributed by atoms with E-state index in [9.17, 15) is 31.4 Å². The highest BCUT2D eigenvalue weighted by Crippen LogP contribution is 2.36. The first-order valence-electron chi connectivity index (χ1n) is 5.20. The van der Waals surface area contributed by atoms with Crippen molar-refractivity contribution in [2.24, 2.45) is 5.73 Å². The third-order valence-corrected chi connectivity index (χ3v) is 2.52. The van der Waals surface area contributed by atoms with Crippen LogP contribution in [0.2, 0.25) is 0 Å². The smallest absolute Gasteiger partial charge is 0.388 e. The maximum Gasteiger partial charge on any atom is 0.416 e. The highest BCUT2D eigenvalue weighted by atomic mass is 35.5. The fourth-order valence-corrected chi connectivity index (χ4v) is 1.55. The molecular formula is C11H12ClF6NO. The van der Waals surface area contributed by atoms with Gasteiger partial charge in [-0.3, -0.25) is 0 Å². The molecule has 0 spiro atoms. The van der Waals surface area contributed by atoms with Gasteiger partial charge in [0.1, 0.15) is 6.04 Å². The van der Waals surface area contributed by atoms with E-state index >= 15 is 0 Å². The third-order valence-electron chi connectivity index (χ3n) is 2.52. The minimum absolute atomic E-state index is 0. The van der Waals surface area contributed by atoms with Crippen LogP contribution in [0.4, 0.5) is 26.3 Å². The van der Waals surface area contributed by atoms with Gasteiger partial charge in [0.05, 0.1) is 11.7 Å². The summed E-state index contributed by atoms with van der Waals surface area (Å²) in [6.07, 6.45) is -12.5. The van der Waals surface area contributed by atoms with E-state index in [1.807, 2.05) is 0 Å². The molecule has 0 saturated heterocycles. The Hall–Kier alpha value is -0.990. The summed E-state index contributed by atoms with van der Waals surface area (Å²) in [4.78, 5) is 0. The molecule has 0 fully saturated rings. The molecule has 0 aromatic heterocycles. The van der Waals surface area contributed by atoms with Crippen molar-refractivity contribution in [3.63, 3.8) is 0 Å². The van der Waals surface area contributed by atoms with Crippen molar-refractivity contribution in [1.82, 2.24) is 0 Å². The molecule has 116 valence electrons. The molecule has 0 bridgehead atoms. The zero-order valence-electron chi connectivity index (χ0n) is 9.87. The highest BCUT2D eigenvalue weighted by molar-refractivity contribution is 5.85. The molecular weight excluding hydrogens is 312 g/mol. The molecule has 0 saturated carbocycles. The van der Waals surface area contributed by atoms with Gasteiger partial charge in [0.25, 0.3) is 0 Å². The topological polar surface area (TPSA) is 46.2 Å². The van der Waals surface area contributed by atoms with Gasteiger partial charge in [0, 0.05) is 6.42 Å². The van der Waals surface area contributed by atoms with Crippen LogP contribution in [0.3, 0.4) is 0 Å². The number of benzene rings is 1. The molecule has 2 nitrogen and oxygen atoms in total. The summed E-state index contributed by atoms with van der Waals surface area (Å²) in [6.45, 7) is 0. The van der Waals surface area contributed by atoms with Crippen LogP contribution in [0.5, 0.6) is 0 Å². The summed E-state index contributed by atoms with van der Waals surface area (Å²) >= 11 is 0. The molecule has 1 aromatic rings. The second-order valence-corrected chi connectivity index (χ2v) is 3.98. The third kappa shape index (κ3) is 4.84. The van der Waals surface area contributed by atoms with E-state index in [1.54, 1.807) is 0 Å². The normalized spacial score (nSPS) is 15.4. The Bertz CT molecular complexity index is 434. The lowest BCUT2D eigenvalue weighted by Gasteiger charge is -2.21. The Morgan fingerprint density at radius 2 is 1.55 bits per heavy atom. The number of rotatable bonds is 3. The molecule has 0 aliphatic carbocycles. The second-order valence-electron chi connectivity index (χ2n) is 3.98. The molecule has 2 atom stereocenters. The lowest BCUT2D eigenvalue weighted by atomic mass is 9.97. The van der Waals surface area contributed by atoms with Crippen LogP contribution in [0.15, 0.2) is 24.3 Å². The molecule has 0 aliphatic heterocycles. The molecule has 0 heterocycles. The van der Waals surface area contributed by atoms with Gasteiger partial charge in [-0.15, -0.1) is 12.4 Å². The van der Waals surface area contributed by atoms with Crippen molar-refractivity contribution in [3.8, 4) is 0 Å². The highest BCUT2D eigenvalue weighted by Gasteiger charge is 2.40. The van der Waals surface area contributed by atoms with Crippen LogP contribution in [0.1, 0.15) is 23.7 Å². The van der Waals surface area contributed by atoms with E-state index < -0.39 is 42.0 Å². The molecule has 20 heavy (non-hydrogen) atoms. The van der Waals surface area contributed by atoms with Gasteiger partial charge in [0.2, 0.25) is 0 Å². The summed E-state index contributed by atoms with van der Waals surface area (Å²) in [5, 5.41) is 9.52. The average Bonchev–Trinajstić information content (AvgIpc) is 2.26. The summed E-state index contributed by atoms with van der Waals surface area (Å²) in [7, 11) is 0. The first-order chi connectivity index (χ1) is 8.53. The number of hydrogen-bond donors (Lipinski definition) is 2. The number of aliphatic hydroxyl groups is 1. The van der Waals surface area contributed by atoms with Crippen LogP contribution in [-0.4, -0.2) is 17.3 Å². The molecule has 3 N–H and O–H groups in total. The Morgan fingerprint density at radius 1 is 1.05 bits per heavy atom. The molecule has 9 heteroatoms. The van der Waals surface area contributed by atoms with E-state index in [0.717, 1.165) is 12.1 Å². The van der Waals surface area contributed by atoms with Gasteiger partial charge in [-0.1, -0.05) is 18.2 Å². The van der Waals surface area contributed by atoms with Crippen molar-refractivity contribution in [3.05, 3.63) is 35.4 Å². The monoisotopic (exact) mass is 323 g/mol. The molecule has 1 aromatic carbocycles. The lowest BCUT2D eigenvalue weighted by Crippen LogP contribution is -2.38. The van der Waals surface area contributed by atoms with Gasteiger partial charge in [-0.05, 0) is 11.6 Å². The summed E-state index contributed by atoms with van der Waals surface area (Å²) in [5.74, 6) is 0. The Morgan fingerprint density at radius 3 is 2.00 bits per heavy atom. The zero-order valence-corrected chi connectivity index (χ0v) is 10.7. The van der Waals surface area contributed by atoms with Crippen molar-refractivity contribution < 1.29 is 31.4 Å². The minimum atomic E-state index is -4.77. The van der Waals surface area contributed by atoms with Gasteiger partial charge in [-0.2, -0.15) is 26.3 Å². The Balaban J connectivity index is 0.00000361. The van der Waals surface area contributed by atoms with Crippen molar-refractivity contribution in [2.45, 2.75) is 30.9 Å². The van der Waals surface area contributed by atoms with Crippen LogP contribution < -0.4 is 5.73 Å². The molecule has 1 rings (SSSR count). The van der Waals surface area contributed by atoms with E-state index in [4.69, 9.17) is 5.73 Å². The van der Waals surface area contributed by atoms with Crippen LogP contribution >= 0.6 is 12.4 Å². The minimum Gasteiger partial charge on any atom is -0.388 e. The number of halogens is 7. The van der Waals surface area contributed by atoms with Gasteiger partial charge in [-0.25, -0.2) is 0 Å². The van der Waals surface area contributed by atoms with E-state index in [0.29, 0.717) is 6.07 Å². The summed E-state index contributed by atoms with van der Waals surface area (Å²) < 4.78 is 74.5. The predicted octanol–water partition coefficient (Wildman–Crippen LogP) is 3.44. The van der Waals surface area contributed by atoms with E-state index in [1.165, 1.54) is 6.07 Å². The fraction of sp³-hybridized carbons (Fsp3) is 0.455. The first kappa shape index (κ1) is 19.0. The Labute approximate surface area is 117 Å². The summed E-state index contributed by atoms with van der Waals surface area (Å²) in [6, 6.07) is 1.52.